The number of aromatic hydroxyl groups is 1. The van der Waals surface area contributed by atoms with Crippen molar-refractivity contribution in [1.82, 2.24) is 10.2 Å². The van der Waals surface area contributed by atoms with Crippen molar-refractivity contribution in [2.75, 3.05) is 43.4 Å². The first-order valence-electron chi connectivity index (χ1n) is 9.88. The second-order valence-corrected chi connectivity index (χ2v) is 7.54. The first-order chi connectivity index (χ1) is 13.5. The van der Waals surface area contributed by atoms with E-state index in [2.05, 4.69) is 39.6 Å². The molecule has 3 N–H and O–H groups in total. The summed E-state index contributed by atoms with van der Waals surface area (Å²) in [6.45, 7) is 6.20. The van der Waals surface area contributed by atoms with Crippen molar-refractivity contribution in [2.45, 2.75) is 25.8 Å². The fourth-order valence-electron chi connectivity index (χ4n) is 3.33. The molecule has 0 unspecified atom stereocenters. The molecule has 28 heavy (non-hydrogen) atoms. The van der Waals surface area contributed by atoms with Crippen LogP contribution in [0, 0.1) is 0 Å². The van der Waals surface area contributed by atoms with E-state index in [4.69, 9.17) is 0 Å². The van der Waals surface area contributed by atoms with Crippen LogP contribution in [-0.2, 0) is 6.42 Å². The molecule has 1 saturated heterocycles. The Bertz CT molecular complexity index is 753. The van der Waals surface area contributed by atoms with Gasteiger partial charge in [-0.25, -0.2) is 4.79 Å². The fourth-order valence-corrected chi connectivity index (χ4v) is 3.33. The molecule has 1 aliphatic heterocycles. The van der Waals surface area contributed by atoms with Gasteiger partial charge in [-0.1, -0.05) is 12.1 Å². The molecule has 0 aromatic heterocycles. The molecule has 0 bridgehead atoms. The normalized spacial score (nSPS) is 15.9. The van der Waals surface area contributed by atoms with Crippen molar-refractivity contribution in [1.29, 1.82) is 0 Å². The van der Waals surface area contributed by atoms with Crippen LogP contribution in [0.15, 0.2) is 48.5 Å². The highest BCUT2D eigenvalue weighted by molar-refractivity contribution is 5.89. The Kier molecular flexibility index (Phi) is 6.76. The van der Waals surface area contributed by atoms with Crippen LogP contribution >= 0.6 is 0 Å². The Hall–Kier alpha value is -2.73. The molecule has 6 heteroatoms. The van der Waals surface area contributed by atoms with Crippen molar-refractivity contribution >= 4 is 17.4 Å². The topological polar surface area (TPSA) is 67.8 Å². The summed E-state index contributed by atoms with van der Waals surface area (Å²) >= 11 is 0. The van der Waals surface area contributed by atoms with E-state index in [-0.39, 0.29) is 17.8 Å². The first-order valence-corrected chi connectivity index (χ1v) is 9.88. The number of phenolic OH excluding ortho intramolecular Hbond substituents is 1. The Labute approximate surface area is 167 Å². The summed E-state index contributed by atoms with van der Waals surface area (Å²) in [5.41, 5.74) is 3.13. The number of rotatable bonds is 6. The monoisotopic (exact) mass is 382 g/mol. The largest absolute Gasteiger partial charge is 0.508 e. The average Bonchev–Trinajstić information content (AvgIpc) is 2.69. The van der Waals surface area contributed by atoms with Gasteiger partial charge in [0.2, 0.25) is 0 Å². The van der Waals surface area contributed by atoms with Gasteiger partial charge in [-0.2, -0.15) is 0 Å². The Morgan fingerprint density at radius 2 is 1.68 bits per heavy atom. The minimum Gasteiger partial charge on any atom is -0.508 e. The van der Waals surface area contributed by atoms with Crippen LogP contribution in [0.25, 0.3) is 0 Å². The second kappa shape index (κ2) is 9.46. The van der Waals surface area contributed by atoms with Gasteiger partial charge in [0, 0.05) is 43.6 Å². The van der Waals surface area contributed by atoms with Gasteiger partial charge < -0.3 is 25.5 Å². The maximum atomic E-state index is 12.2. The number of aryl methyl sites for hydroxylation is 1. The van der Waals surface area contributed by atoms with Gasteiger partial charge in [0.25, 0.3) is 0 Å². The molecule has 2 aromatic carbocycles. The third-order valence-corrected chi connectivity index (χ3v) is 5.17. The number of carbonyl (C=O) groups excluding carboxylic acids is 1. The number of hydrogen-bond acceptors (Lipinski definition) is 4. The van der Waals surface area contributed by atoms with E-state index in [1.165, 1.54) is 5.69 Å². The summed E-state index contributed by atoms with van der Waals surface area (Å²) in [6.07, 6.45) is 1.68. The van der Waals surface area contributed by atoms with E-state index in [0.717, 1.165) is 50.3 Å². The van der Waals surface area contributed by atoms with Gasteiger partial charge in [-0.3, -0.25) is 0 Å². The third-order valence-electron chi connectivity index (χ3n) is 5.17. The van der Waals surface area contributed by atoms with E-state index in [0.29, 0.717) is 0 Å². The van der Waals surface area contributed by atoms with Crippen LogP contribution in [0.1, 0.15) is 18.9 Å². The Morgan fingerprint density at radius 3 is 2.32 bits per heavy atom. The maximum Gasteiger partial charge on any atom is 0.319 e. The minimum atomic E-state index is -0.189. The smallest absolute Gasteiger partial charge is 0.319 e. The zero-order chi connectivity index (χ0) is 19.9. The second-order valence-electron chi connectivity index (χ2n) is 7.54. The number of likely N-dealkylation sites (N-methyl/N-ethyl adjacent to an activating group) is 1. The van der Waals surface area contributed by atoms with Crippen LogP contribution in [0.5, 0.6) is 5.75 Å². The summed E-state index contributed by atoms with van der Waals surface area (Å²) < 4.78 is 0. The molecule has 2 aromatic rings. The molecule has 2 amide bonds. The van der Waals surface area contributed by atoms with Gasteiger partial charge in [0.05, 0.1) is 0 Å². The van der Waals surface area contributed by atoms with Crippen LogP contribution in [0.4, 0.5) is 16.2 Å². The van der Waals surface area contributed by atoms with Crippen molar-refractivity contribution in [3.63, 3.8) is 0 Å². The Balaban J connectivity index is 1.43. The van der Waals surface area contributed by atoms with E-state index < -0.39 is 0 Å². The summed E-state index contributed by atoms with van der Waals surface area (Å²) in [5, 5.41) is 15.2. The van der Waals surface area contributed by atoms with E-state index >= 15 is 0 Å². The number of phenols is 1. The van der Waals surface area contributed by atoms with Crippen molar-refractivity contribution in [2.24, 2.45) is 0 Å². The lowest BCUT2D eigenvalue weighted by Gasteiger charge is -2.34. The molecule has 0 saturated carbocycles. The lowest BCUT2D eigenvalue weighted by Crippen LogP contribution is -2.44. The fraction of sp³-hybridized carbons (Fsp3) is 0.409. The molecule has 150 valence electrons. The highest BCUT2D eigenvalue weighted by Crippen LogP contribution is 2.19. The lowest BCUT2D eigenvalue weighted by atomic mass is 10.1. The van der Waals surface area contributed by atoms with Crippen LogP contribution in [0.2, 0.25) is 0 Å². The van der Waals surface area contributed by atoms with Crippen molar-refractivity contribution in [3.05, 3.63) is 54.1 Å². The molecular weight excluding hydrogens is 352 g/mol. The summed E-state index contributed by atoms with van der Waals surface area (Å²) in [4.78, 5) is 16.9. The number of nitrogens with one attached hydrogen (secondary N) is 2. The summed E-state index contributed by atoms with van der Waals surface area (Å²) in [7, 11) is 2.15. The standard InChI is InChI=1S/C22H30N4O2/c1-17(3-4-18-5-11-21(27)12-6-18)23-22(28)24-19-7-9-20(10-8-19)26-15-13-25(2)14-16-26/h5-12,17,27H,3-4,13-16H2,1-2H3,(H2,23,24,28)/t17-/m1/s1. The molecule has 1 fully saturated rings. The molecule has 0 radical (unpaired) electrons. The van der Waals surface area contributed by atoms with Gasteiger partial charge in [0.15, 0.2) is 0 Å². The third kappa shape index (κ3) is 5.89. The SMILES string of the molecule is C[C@H](CCc1ccc(O)cc1)NC(=O)Nc1ccc(N2CCN(C)CC2)cc1. The first kappa shape index (κ1) is 20.0. The average molecular weight is 383 g/mol. The molecule has 0 spiro atoms. The van der Waals surface area contributed by atoms with Gasteiger partial charge >= 0.3 is 6.03 Å². The highest BCUT2D eigenvalue weighted by Gasteiger charge is 2.14. The van der Waals surface area contributed by atoms with E-state index in [1.807, 2.05) is 31.2 Å². The molecule has 1 atom stereocenters. The minimum absolute atomic E-state index is 0.0541. The van der Waals surface area contributed by atoms with Crippen LogP contribution in [0.3, 0.4) is 0 Å². The van der Waals surface area contributed by atoms with Crippen LogP contribution < -0.4 is 15.5 Å². The summed E-state index contributed by atoms with van der Waals surface area (Å²) in [5.74, 6) is 0.271. The van der Waals surface area contributed by atoms with E-state index in [1.54, 1.807) is 12.1 Å². The van der Waals surface area contributed by atoms with Crippen molar-refractivity contribution < 1.29 is 9.90 Å². The number of hydrogen-bond donors (Lipinski definition) is 3. The predicted molar refractivity (Wildman–Crippen MR) is 114 cm³/mol. The number of piperazine rings is 1. The maximum absolute atomic E-state index is 12.2. The lowest BCUT2D eigenvalue weighted by molar-refractivity contribution is 0.248. The number of amides is 2. The van der Waals surface area contributed by atoms with E-state index in [9.17, 15) is 9.90 Å². The molecule has 1 aliphatic rings. The predicted octanol–water partition coefficient (Wildman–Crippen LogP) is 3.29. The van der Waals surface area contributed by atoms with Crippen LogP contribution in [-0.4, -0.2) is 55.3 Å². The summed E-state index contributed by atoms with van der Waals surface area (Å²) in [6, 6.07) is 15.1. The number of nitrogens with zero attached hydrogens (tertiary/aromatic N) is 2. The zero-order valence-corrected chi connectivity index (χ0v) is 16.7. The number of urea groups is 1. The van der Waals surface area contributed by atoms with Gasteiger partial charge in [-0.15, -0.1) is 0 Å². The molecule has 0 aliphatic carbocycles. The molecular formula is C22H30N4O2. The molecule has 3 rings (SSSR count). The number of anilines is 2. The Morgan fingerprint density at radius 1 is 1.04 bits per heavy atom. The number of benzene rings is 2. The number of carbonyl (C=O) groups is 1. The highest BCUT2D eigenvalue weighted by atomic mass is 16.3. The van der Waals surface area contributed by atoms with Crippen molar-refractivity contribution in [3.8, 4) is 5.75 Å². The zero-order valence-electron chi connectivity index (χ0n) is 16.7. The van der Waals surface area contributed by atoms with Gasteiger partial charge in [-0.05, 0) is 68.8 Å². The molecule has 6 nitrogen and oxygen atoms in total. The van der Waals surface area contributed by atoms with Gasteiger partial charge in [0.1, 0.15) is 5.75 Å². The quantitative estimate of drug-likeness (QED) is 0.717. The molecule has 1 heterocycles.